The van der Waals surface area contributed by atoms with Gasteiger partial charge in [0.2, 0.25) is 0 Å². The van der Waals surface area contributed by atoms with Crippen molar-refractivity contribution < 1.29 is 19.0 Å². The van der Waals surface area contributed by atoms with E-state index in [1.165, 1.54) is 6.07 Å². The monoisotopic (exact) mass is 230 g/mol. The van der Waals surface area contributed by atoms with Crippen LogP contribution in [0.5, 0.6) is 0 Å². The molecule has 1 unspecified atom stereocenters. The third-order valence-corrected chi connectivity index (χ3v) is 2.99. The maximum absolute atomic E-state index is 13.0. The van der Waals surface area contributed by atoms with E-state index in [0.29, 0.717) is 12.8 Å². The van der Waals surface area contributed by atoms with Crippen molar-refractivity contribution in [2.75, 3.05) is 0 Å². The van der Waals surface area contributed by atoms with Crippen LogP contribution < -0.4 is 0 Å². The van der Waals surface area contributed by atoms with Crippen LogP contribution in [-0.2, 0) is 0 Å². The topological polar surface area (TPSA) is 40.5 Å². The van der Waals surface area contributed by atoms with Crippen molar-refractivity contribution in [1.82, 2.24) is 0 Å². The number of hydrogen-bond acceptors (Lipinski definition) is 2. The molecule has 4 heteroatoms. The first-order chi connectivity index (χ1) is 7.44. The van der Waals surface area contributed by atoms with E-state index in [2.05, 4.69) is 0 Å². The zero-order chi connectivity index (χ0) is 12.3. The molecule has 0 saturated carbocycles. The first kappa shape index (κ1) is 13.1. The average Bonchev–Trinajstić information content (AvgIpc) is 2.30. The van der Waals surface area contributed by atoms with E-state index in [9.17, 15) is 19.0 Å². The van der Waals surface area contributed by atoms with Crippen LogP contribution in [0.15, 0.2) is 18.2 Å². The Kier molecular flexibility index (Phi) is 3.99. The standard InChI is InChI=1S/C12H16F2O2/c1-3-12(16,4-2)11(15)8-5-6-9(13)10(14)7-8/h5-7,11,15-16H,3-4H2,1-2H3. The molecule has 0 aliphatic rings. The van der Waals surface area contributed by atoms with Crippen molar-refractivity contribution in [2.45, 2.75) is 38.4 Å². The Hall–Kier alpha value is -1.00. The fraction of sp³-hybridized carbons (Fsp3) is 0.500. The summed E-state index contributed by atoms with van der Waals surface area (Å²) in [5, 5.41) is 20.0. The molecule has 2 N–H and O–H groups in total. The summed E-state index contributed by atoms with van der Waals surface area (Å²) < 4.78 is 25.7. The van der Waals surface area contributed by atoms with Gasteiger partial charge in [-0.25, -0.2) is 8.78 Å². The van der Waals surface area contributed by atoms with Crippen molar-refractivity contribution in [3.05, 3.63) is 35.4 Å². The number of benzene rings is 1. The zero-order valence-corrected chi connectivity index (χ0v) is 9.37. The van der Waals surface area contributed by atoms with Gasteiger partial charge in [-0.2, -0.15) is 0 Å². The van der Waals surface area contributed by atoms with Gasteiger partial charge in [0.05, 0.1) is 5.60 Å². The van der Waals surface area contributed by atoms with Gasteiger partial charge in [-0.1, -0.05) is 19.9 Å². The van der Waals surface area contributed by atoms with Crippen LogP contribution >= 0.6 is 0 Å². The van der Waals surface area contributed by atoms with Crippen molar-refractivity contribution in [1.29, 1.82) is 0 Å². The van der Waals surface area contributed by atoms with E-state index in [1.807, 2.05) is 0 Å². The van der Waals surface area contributed by atoms with Gasteiger partial charge >= 0.3 is 0 Å². The molecule has 2 nitrogen and oxygen atoms in total. The molecule has 0 amide bonds. The molecular formula is C12H16F2O2. The van der Waals surface area contributed by atoms with Crippen molar-refractivity contribution in [3.63, 3.8) is 0 Å². The van der Waals surface area contributed by atoms with E-state index < -0.39 is 23.3 Å². The summed E-state index contributed by atoms with van der Waals surface area (Å²) in [4.78, 5) is 0. The lowest BCUT2D eigenvalue weighted by molar-refractivity contribution is -0.0822. The smallest absolute Gasteiger partial charge is 0.159 e. The van der Waals surface area contributed by atoms with Gasteiger partial charge < -0.3 is 10.2 Å². The van der Waals surface area contributed by atoms with Crippen molar-refractivity contribution in [3.8, 4) is 0 Å². The van der Waals surface area contributed by atoms with Gasteiger partial charge in [-0.15, -0.1) is 0 Å². The lowest BCUT2D eigenvalue weighted by atomic mass is 9.86. The third kappa shape index (κ3) is 2.39. The Morgan fingerprint density at radius 2 is 1.75 bits per heavy atom. The Morgan fingerprint density at radius 1 is 1.19 bits per heavy atom. The molecule has 0 fully saturated rings. The van der Waals surface area contributed by atoms with E-state index in [1.54, 1.807) is 13.8 Å². The van der Waals surface area contributed by atoms with Gasteiger partial charge in [-0.05, 0) is 30.5 Å². The SMILES string of the molecule is CCC(O)(CC)C(O)c1ccc(F)c(F)c1. The van der Waals surface area contributed by atoms with Gasteiger partial charge in [0.15, 0.2) is 11.6 Å². The molecule has 0 spiro atoms. The van der Waals surface area contributed by atoms with E-state index >= 15 is 0 Å². The van der Waals surface area contributed by atoms with Crippen molar-refractivity contribution >= 4 is 0 Å². The molecule has 1 atom stereocenters. The molecule has 0 aliphatic carbocycles. The second kappa shape index (κ2) is 4.89. The number of rotatable bonds is 4. The summed E-state index contributed by atoms with van der Waals surface area (Å²) in [5.41, 5.74) is -1.12. The van der Waals surface area contributed by atoms with Gasteiger partial charge in [0.1, 0.15) is 6.10 Å². The van der Waals surface area contributed by atoms with Crippen LogP contribution in [0.4, 0.5) is 8.78 Å². The summed E-state index contributed by atoms with van der Waals surface area (Å²) in [7, 11) is 0. The van der Waals surface area contributed by atoms with E-state index in [4.69, 9.17) is 0 Å². The molecule has 0 aromatic heterocycles. The van der Waals surface area contributed by atoms with Crippen molar-refractivity contribution in [2.24, 2.45) is 0 Å². The van der Waals surface area contributed by atoms with Gasteiger partial charge in [0.25, 0.3) is 0 Å². The zero-order valence-electron chi connectivity index (χ0n) is 9.37. The maximum atomic E-state index is 13.0. The molecule has 16 heavy (non-hydrogen) atoms. The molecular weight excluding hydrogens is 214 g/mol. The van der Waals surface area contributed by atoms with Gasteiger partial charge in [0, 0.05) is 0 Å². The summed E-state index contributed by atoms with van der Waals surface area (Å²) in [5.74, 6) is -1.99. The van der Waals surface area contributed by atoms with Crippen LogP contribution in [0.25, 0.3) is 0 Å². The normalized spacial score (nSPS) is 13.9. The summed E-state index contributed by atoms with van der Waals surface area (Å²) in [6, 6.07) is 3.13. The lowest BCUT2D eigenvalue weighted by Gasteiger charge is -2.31. The van der Waals surface area contributed by atoms with Gasteiger partial charge in [-0.3, -0.25) is 0 Å². The average molecular weight is 230 g/mol. The molecule has 1 aromatic carbocycles. The summed E-state index contributed by atoms with van der Waals surface area (Å²) in [6.07, 6.45) is -0.537. The highest BCUT2D eigenvalue weighted by molar-refractivity contribution is 5.22. The number of aliphatic hydroxyl groups is 2. The molecule has 90 valence electrons. The minimum atomic E-state index is -1.30. The Balaban J connectivity index is 3.04. The molecule has 0 aliphatic heterocycles. The second-order valence-corrected chi connectivity index (χ2v) is 3.89. The highest BCUT2D eigenvalue weighted by Gasteiger charge is 2.33. The number of halogens is 2. The first-order valence-corrected chi connectivity index (χ1v) is 5.30. The van der Waals surface area contributed by atoms with Crippen LogP contribution in [-0.4, -0.2) is 15.8 Å². The first-order valence-electron chi connectivity index (χ1n) is 5.30. The van der Waals surface area contributed by atoms with Crippen LogP contribution in [0, 0.1) is 11.6 Å². The third-order valence-electron chi connectivity index (χ3n) is 2.99. The molecule has 0 heterocycles. The summed E-state index contributed by atoms with van der Waals surface area (Å²) >= 11 is 0. The highest BCUT2D eigenvalue weighted by Crippen LogP contribution is 2.32. The number of hydrogen-bond donors (Lipinski definition) is 2. The predicted molar refractivity (Wildman–Crippen MR) is 56.8 cm³/mol. The maximum Gasteiger partial charge on any atom is 0.159 e. The van der Waals surface area contributed by atoms with Crippen LogP contribution in [0.3, 0.4) is 0 Å². The largest absolute Gasteiger partial charge is 0.387 e. The Bertz CT molecular complexity index is 362. The lowest BCUT2D eigenvalue weighted by Crippen LogP contribution is -2.34. The van der Waals surface area contributed by atoms with Crippen LogP contribution in [0.1, 0.15) is 38.4 Å². The fourth-order valence-electron chi connectivity index (χ4n) is 1.63. The van der Waals surface area contributed by atoms with E-state index in [0.717, 1.165) is 12.1 Å². The quantitative estimate of drug-likeness (QED) is 0.834. The predicted octanol–water partition coefficient (Wildman–Crippen LogP) is 2.55. The van der Waals surface area contributed by atoms with E-state index in [-0.39, 0.29) is 5.56 Å². The molecule has 0 saturated heterocycles. The summed E-state index contributed by atoms with van der Waals surface area (Å²) in [6.45, 7) is 3.46. The number of aliphatic hydroxyl groups excluding tert-OH is 1. The Labute approximate surface area is 93.5 Å². The Morgan fingerprint density at radius 3 is 2.19 bits per heavy atom. The highest BCUT2D eigenvalue weighted by atomic mass is 19.2. The van der Waals surface area contributed by atoms with Crippen LogP contribution in [0.2, 0.25) is 0 Å². The molecule has 0 radical (unpaired) electrons. The minimum absolute atomic E-state index is 0.185. The molecule has 0 bridgehead atoms. The fourth-order valence-corrected chi connectivity index (χ4v) is 1.63. The molecule has 1 aromatic rings. The second-order valence-electron chi connectivity index (χ2n) is 3.89. The molecule has 1 rings (SSSR count). The minimum Gasteiger partial charge on any atom is -0.387 e.